The molecule has 0 unspecified atom stereocenters. The maximum atomic E-state index is 13.7. The molecule has 0 radical (unpaired) electrons. The van der Waals surface area contributed by atoms with Crippen LogP contribution < -0.4 is 20.7 Å². The Bertz CT molecular complexity index is 959. The summed E-state index contributed by atoms with van der Waals surface area (Å²) in [6, 6.07) is 10.9. The van der Waals surface area contributed by atoms with Crippen LogP contribution in [-0.2, 0) is 25.5 Å². The van der Waals surface area contributed by atoms with E-state index in [1.165, 1.54) is 25.1 Å². The van der Waals surface area contributed by atoms with E-state index >= 15 is 0 Å². The maximum absolute atomic E-state index is 13.7. The van der Waals surface area contributed by atoms with Crippen LogP contribution in [0.2, 0.25) is 0 Å². The first kappa shape index (κ1) is 23.2. The summed E-state index contributed by atoms with van der Waals surface area (Å²) < 4.78 is 24.8. The summed E-state index contributed by atoms with van der Waals surface area (Å²) in [7, 11) is 0. The summed E-state index contributed by atoms with van der Waals surface area (Å²) in [4.78, 5) is 35.5. The molecule has 0 atom stereocenters. The Labute approximate surface area is 185 Å². The fourth-order valence-electron chi connectivity index (χ4n) is 3.21. The van der Waals surface area contributed by atoms with Crippen LogP contribution in [0.4, 0.5) is 15.8 Å². The molecule has 0 saturated carbocycles. The molecule has 2 aromatic carbocycles. The van der Waals surface area contributed by atoms with Crippen LogP contribution in [0, 0.1) is 5.82 Å². The molecule has 32 heavy (non-hydrogen) atoms. The zero-order chi connectivity index (χ0) is 22.9. The summed E-state index contributed by atoms with van der Waals surface area (Å²) in [5, 5.41) is 7.72. The predicted octanol–water partition coefficient (Wildman–Crippen LogP) is 2.64. The van der Waals surface area contributed by atoms with E-state index in [0.29, 0.717) is 38.2 Å². The second kappa shape index (κ2) is 11.2. The van der Waals surface area contributed by atoms with E-state index in [1.807, 2.05) is 12.1 Å². The predicted molar refractivity (Wildman–Crippen MR) is 117 cm³/mol. The molecular formula is C23H26FN3O5. The Kier molecular flexibility index (Phi) is 8.15. The number of hydrogen-bond acceptors (Lipinski definition) is 5. The van der Waals surface area contributed by atoms with Gasteiger partial charge in [-0.05, 0) is 36.2 Å². The van der Waals surface area contributed by atoms with Crippen molar-refractivity contribution >= 4 is 29.1 Å². The van der Waals surface area contributed by atoms with Gasteiger partial charge in [0, 0.05) is 38.1 Å². The van der Waals surface area contributed by atoms with Crippen LogP contribution in [0.3, 0.4) is 0 Å². The van der Waals surface area contributed by atoms with Crippen molar-refractivity contribution in [3.05, 3.63) is 53.8 Å². The molecule has 3 amide bonds. The lowest BCUT2D eigenvalue weighted by Crippen LogP contribution is -2.36. The summed E-state index contributed by atoms with van der Waals surface area (Å²) in [6.07, 6.45) is 1.69. The molecule has 0 spiro atoms. The molecule has 0 aromatic heterocycles. The molecule has 3 N–H and O–H groups in total. The summed E-state index contributed by atoms with van der Waals surface area (Å²) >= 11 is 0. The average molecular weight is 443 g/mol. The normalized spacial score (nSPS) is 13.8. The lowest BCUT2D eigenvalue weighted by atomic mass is 10.1. The van der Waals surface area contributed by atoms with Crippen LogP contribution in [0.1, 0.15) is 25.3 Å². The van der Waals surface area contributed by atoms with E-state index in [-0.39, 0.29) is 30.0 Å². The number of carbonyl (C=O) groups excluding carboxylic acids is 3. The highest BCUT2D eigenvalue weighted by atomic mass is 19.1. The minimum atomic E-state index is -0.866. The van der Waals surface area contributed by atoms with Gasteiger partial charge in [-0.1, -0.05) is 12.1 Å². The Morgan fingerprint density at radius 2 is 1.75 bits per heavy atom. The van der Waals surface area contributed by atoms with E-state index in [9.17, 15) is 18.8 Å². The van der Waals surface area contributed by atoms with Crippen molar-refractivity contribution in [2.75, 3.05) is 30.4 Å². The minimum absolute atomic E-state index is 0.146. The van der Waals surface area contributed by atoms with Crippen LogP contribution in [0.25, 0.3) is 0 Å². The number of ether oxygens (including phenoxy) is 2. The number of amides is 3. The van der Waals surface area contributed by atoms with Gasteiger partial charge in [-0.2, -0.15) is 0 Å². The first-order valence-electron chi connectivity index (χ1n) is 10.4. The van der Waals surface area contributed by atoms with Gasteiger partial charge in [-0.15, -0.1) is 0 Å². The number of halogens is 1. The second-order valence-electron chi connectivity index (χ2n) is 7.41. The first-order chi connectivity index (χ1) is 15.4. The third kappa shape index (κ3) is 7.05. The SMILES string of the molecule is CC(=O)Nc1ccc(CCNC(=O)C(=O)Nc2ccc(F)cc2OC2CCOCC2)cc1. The van der Waals surface area contributed by atoms with Gasteiger partial charge in [0.15, 0.2) is 0 Å². The molecule has 1 fully saturated rings. The van der Waals surface area contributed by atoms with Crippen molar-refractivity contribution in [1.82, 2.24) is 5.32 Å². The molecule has 1 aliphatic heterocycles. The highest BCUT2D eigenvalue weighted by Crippen LogP contribution is 2.28. The standard InChI is InChI=1S/C23H26FN3O5/c1-15(28)26-18-5-2-16(3-6-18)8-11-25-22(29)23(30)27-20-7-4-17(24)14-21(20)32-19-9-12-31-13-10-19/h2-7,14,19H,8-13H2,1H3,(H,25,29)(H,26,28)(H,27,30). The van der Waals surface area contributed by atoms with E-state index in [4.69, 9.17) is 9.47 Å². The zero-order valence-corrected chi connectivity index (χ0v) is 17.8. The van der Waals surface area contributed by atoms with Gasteiger partial charge in [0.2, 0.25) is 5.91 Å². The van der Waals surface area contributed by atoms with Crippen LogP contribution in [-0.4, -0.2) is 43.6 Å². The molecule has 9 heteroatoms. The first-order valence-corrected chi connectivity index (χ1v) is 10.4. The van der Waals surface area contributed by atoms with Crippen LogP contribution in [0.15, 0.2) is 42.5 Å². The number of nitrogens with one attached hydrogen (secondary N) is 3. The Morgan fingerprint density at radius 3 is 2.44 bits per heavy atom. The number of anilines is 2. The molecule has 8 nitrogen and oxygen atoms in total. The Morgan fingerprint density at radius 1 is 1.03 bits per heavy atom. The van der Waals surface area contributed by atoms with E-state index in [2.05, 4.69) is 16.0 Å². The number of benzene rings is 2. The van der Waals surface area contributed by atoms with Gasteiger partial charge >= 0.3 is 11.8 Å². The van der Waals surface area contributed by atoms with Gasteiger partial charge in [-0.3, -0.25) is 14.4 Å². The van der Waals surface area contributed by atoms with Crippen molar-refractivity contribution in [1.29, 1.82) is 0 Å². The molecule has 2 aromatic rings. The Balaban J connectivity index is 1.50. The van der Waals surface area contributed by atoms with Crippen LogP contribution >= 0.6 is 0 Å². The molecule has 0 bridgehead atoms. The molecule has 1 aliphatic rings. The van der Waals surface area contributed by atoms with Gasteiger partial charge in [-0.25, -0.2) is 4.39 Å². The molecule has 170 valence electrons. The molecule has 3 rings (SSSR count). The van der Waals surface area contributed by atoms with Gasteiger partial charge in [0.25, 0.3) is 0 Å². The number of rotatable bonds is 7. The number of carbonyl (C=O) groups is 3. The quantitative estimate of drug-likeness (QED) is 0.571. The van der Waals surface area contributed by atoms with Crippen molar-refractivity contribution in [3.8, 4) is 5.75 Å². The van der Waals surface area contributed by atoms with Crippen molar-refractivity contribution in [3.63, 3.8) is 0 Å². The molecule has 1 saturated heterocycles. The average Bonchev–Trinajstić information content (AvgIpc) is 2.77. The lowest BCUT2D eigenvalue weighted by molar-refractivity contribution is -0.136. The third-order valence-corrected chi connectivity index (χ3v) is 4.83. The maximum Gasteiger partial charge on any atom is 0.313 e. The smallest absolute Gasteiger partial charge is 0.313 e. The van der Waals surface area contributed by atoms with Crippen molar-refractivity contribution in [2.45, 2.75) is 32.3 Å². The fraction of sp³-hybridized carbons (Fsp3) is 0.348. The van der Waals surface area contributed by atoms with Crippen molar-refractivity contribution in [2.24, 2.45) is 0 Å². The monoisotopic (exact) mass is 443 g/mol. The third-order valence-electron chi connectivity index (χ3n) is 4.83. The zero-order valence-electron chi connectivity index (χ0n) is 17.8. The summed E-state index contributed by atoms with van der Waals surface area (Å²) in [6.45, 7) is 2.79. The van der Waals surface area contributed by atoms with Crippen molar-refractivity contribution < 1.29 is 28.2 Å². The van der Waals surface area contributed by atoms with E-state index < -0.39 is 17.6 Å². The van der Waals surface area contributed by atoms with Crippen LogP contribution in [0.5, 0.6) is 5.75 Å². The largest absolute Gasteiger partial charge is 0.488 e. The Hall–Kier alpha value is -3.46. The summed E-state index contributed by atoms with van der Waals surface area (Å²) in [5.41, 5.74) is 1.85. The van der Waals surface area contributed by atoms with Gasteiger partial charge in [0.1, 0.15) is 17.7 Å². The van der Waals surface area contributed by atoms with Gasteiger partial charge in [0.05, 0.1) is 18.9 Å². The number of hydrogen-bond donors (Lipinski definition) is 3. The topological polar surface area (TPSA) is 106 Å². The fourth-order valence-corrected chi connectivity index (χ4v) is 3.21. The minimum Gasteiger partial charge on any atom is -0.488 e. The lowest BCUT2D eigenvalue weighted by Gasteiger charge is -2.24. The van der Waals surface area contributed by atoms with E-state index in [1.54, 1.807) is 12.1 Å². The molecule has 0 aliphatic carbocycles. The highest BCUT2D eigenvalue weighted by Gasteiger charge is 2.20. The summed E-state index contributed by atoms with van der Waals surface area (Å²) in [5.74, 6) is -2.15. The molecule has 1 heterocycles. The second-order valence-corrected chi connectivity index (χ2v) is 7.41. The highest BCUT2D eigenvalue weighted by molar-refractivity contribution is 6.39. The molecular weight excluding hydrogens is 417 g/mol. The van der Waals surface area contributed by atoms with E-state index in [0.717, 1.165) is 5.56 Å². The van der Waals surface area contributed by atoms with Gasteiger partial charge < -0.3 is 25.4 Å².